The Hall–Kier alpha value is -1.66. The van der Waals surface area contributed by atoms with Crippen LogP contribution >= 0.6 is 23.4 Å². The number of oxime groups is 1. The molecule has 7 heteroatoms. The average molecular weight is 465 g/mol. The zero-order valence-electron chi connectivity index (χ0n) is 18.3. The zero-order chi connectivity index (χ0) is 22.2. The Labute approximate surface area is 194 Å². The van der Waals surface area contributed by atoms with Gasteiger partial charge < -0.3 is 14.7 Å². The highest BCUT2D eigenvalue weighted by Gasteiger charge is 2.32. The Morgan fingerprint density at radius 1 is 1.29 bits per heavy atom. The van der Waals surface area contributed by atoms with Crippen LogP contribution in [0, 0.1) is 11.8 Å². The lowest BCUT2D eigenvalue weighted by atomic mass is 9.76. The van der Waals surface area contributed by atoms with Crippen molar-refractivity contribution in [2.75, 3.05) is 18.1 Å². The normalized spacial score (nSPS) is 23.6. The summed E-state index contributed by atoms with van der Waals surface area (Å²) in [6.45, 7) is 4.09. The molecule has 170 valence electrons. The van der Waals surface area contributed by atoms with E-state index in [9.17, 15) is 9.90 Å². The second kappa shape index (κ2) is 11.8. The highest BCUT2D eigenvalue weighted by Crippen LogP contribution is 2.37. The molecular formula is C24H31ClNO4S-. The van der Waals surface area contributed by atoms with Crippen molar-refractivity contribution in [1.82, 2.24) is 0 Å². The second-order valence-corrected chi connectivity index (χ2v) is 9.92. The molecule has 0 amide bonds. The molecule has 3 atom stereocenters. The van der Waals surface area contributed by atoms with Crippen molar-refractivity contribution < 1.29 is 19.5 Å². The molecular weight excluding hydrogens is 434 g/mol. The molecule has 5 nitrogen and oxygen atoms in total. The summed E-state index contributed by atoms with van der Waals surface area (Å²) in [5.74, 6) is 3.45. The van der Waals surface area contributed by atoms with E-state index < -0.39 is 0 Å². The minimum Gasteiger partial charge on any atom is -0.875 e. The van der Waals surface area contributed by atoms with Gasteiger partial charge in [-0.2, -0.15) is 11.8 Å². The maximum Gasteiger partial charge on any atom is 0.164 e. The lowest BCUT2D eigenvalue weighted by molar-refractivity contribution is -0.310. The van der Waals surface area contributed by atoms with Crippen LogP contribution in [0.5, 0.6) is 5.75 Å². The number of ketones is 1. The molecule has 0 radical (unpaired) electrons. The van der Waals surface area contributed by atoms with E-state index in [1.165, 1.54) is 12.2 Å². The fourth-order valence-electron chi connectivity index (χ4n) is 4.15. The first-order chi connectivity index (χ1) is 15.0. The van der Waals surface area contributed by atoms with E-state index in [1.807, 2.05) is 25.6 Å². The number of thioether (sulfide) groups is 1. The number of ether oxygens (including phenoxy) is 1. The van der Waals surface area contributed by atoms with Crippen LogP contribution in [0.1, 0.15) is 52.4 Å². The first kappa shape index (κ1) is 24.0. The summed E-state index contributed by atoms with van der Waals surface area (Å²) in [7, 11) is 0. The molecule has 1 heterocycles. The van der Waals surface area contributed by atoms with Crippen LogP contribution in [-0.2, 0) is 9.63 Å². The number of carbonyl (C=O) groups is 1. The van der Waals surface area contributed by atoms with Gasteiger partial charge in [0.1, 0.15) is 11.9 Å². The highest BCUT2D eigenvalue weighted by molar-refractivity contribution is 7.99. The number of rotatable bonds is 9. The molecule has 0 bridgehead atoms. The molecule has 1 saturated heterocycles. The highest BCUT2D eigenvalue weighted by atomic mass is 35.5. The molecule has 3 rings (SSSR count). The fourth-order valence-corrected chi connectivity index (χ4v) is 5.56. The van der Waals surface area contributed by atoms with Crippen LogP contribution in [0.25, 0.3) is 0 Å². The van der Waals surface area contributed by atoms with Crippen LogP contribution in [-0.4, -0.2) is 35.7 Å². The van der Waals surface area contributed by atoms with E-state index >= 15 is 0 Å². The van der Waals surface area contributed by atoms with E-state index in [-0.39, 0.29) is 35.7 Å². The number of allylic oxidation sites excluding steroid dienone is 2. The Morgan fingerprint density at radius 2 is 2.06 bits per heavy atom. The Kier molecular flexibility index (Phi) is 9.15. The number of nitrogens with zero attached hydrogens (tertiary/aromatic N) is 1. The van der Waals surface area contributed by atoms with Crippen molar-refractivity contribution in [1.29, 1.82) is 0 Å². The number of Topliss-reactive ketones (excluding diaryl/α,β-unsaturated/α-hetero) is 1. The zero-order valence-corrected chi connectivity index (χ0v) is 19.8. The Balaban J connectivity index is 1.62. The van der Waals surface area contributed by atoms with Crippen LogP contribution in [0.4, 0.5) is 0 Å². The first-order valence-electron chi connectivity index (χ1n) is 11.1. The van der Waals surface area contributed by atoms with Crippen molar-refractivity contribution in [3.8, 4) is 5.75 Å². The minimum atomic E-state index is -0.247. The molecule has 1 aliphatic carbocycles. The van der Waals surface area contributed by atoms with Gasteiger partial charge in [-0.05, 0) is 80.2 Å². The average Bonchev–Trinajstić information content (AvgIpc) is 2.75. The van der Waals surface area contributed by atoms with E-state index in [1.54, 1.807) is 24.3 Å². The van der Waals surface area contributed by atoms with Crippen molar-refractivity contribution >= 4 is 34.9 Å². The lowest BCUT2D eigenvalue weighted by Crippen LogP contribution is -2.34. The molecule has 31 heavy (non-hydrogen) atoms. The molecule has 0 saturated carbocycles. The smallest absolute Gasteiger partial charge is 0.164 e. The van der Waals surface area contributed by atoms with E-state index in [4.69, 9.17) is 21.2 Å². The van der Waals surface area contributed by atoms with Crippen molar-refractivity contribution in [3.05, 3.63) is 40.6 Å². The summed E-state index contributed by atoms with van der Waals surface area (Å²) in [5, 5.41) is 17.8. The maximum atomic E-state index is 12.9. The predicted octanol–water partition coefficient (Wildman–Crippen LogP) is 5.02. The molecule has 0 aromatic heterocycles. The number of hydrogen-bond acceptors (Lipinski definition) is 6. The third-order valence-electron chi connectivity index (χ3n) is 5.73. The van der Waals surface area contributed by atoms with Gasteiger partial charge in [-0.15, -0.1) is 5.76 Å². The fraction of sp³-hybridized carbons (Fsp3) is 0.583. The van der Waals surface area contributed by atoms with Gasteiger partial charge in [0.2, 0.25) is 0 Å². The largest absolute Gasteiger partial charge is 0.875 e. The third-order valence-corrected chi connectivity index (χ3v) is 7.22. The topological polar surface area (TPSA) is 70.9 Å². The van der Waals surface area contributed by atoms with Gasteiger partial charge in [0.05, 0.1) is 5.71 Å². The Bertz CT molecular complexity index is 802. The molecule has 1 aromatic carbocycles. The van der Waals surface area contributed by atoms with Gasteiger partial charge in [-0.1, -0.05) is 30.1 Å². The SMILES string of the molecule is CCC/C(=N\OCC(C)Oc1ccc(Cl)cc1)C1=C([O-])CC(C2CCCSC2)CC1=O. The van der Waals surface area contributed by atoms with Gasteiger partial charge in [0, 0.05) is 17.0 Å². The van der Waals surface area contributed by atoms with Crippen molar-refractivity contribution in [2.45, 2.75) is 58.5 Å². The number of hydrogen-bond donors (Lipinski definition) is 0. The van der Waals surface area contributed by atoms with Gasteiger partial charge in [0.25, 0.3) is 0 Å². The van der Waals surface area contributed by atoms with E-state index in [0.29, 0.717) is 41.7 Å². The number of benzene rings is 1. The van der Waals surface area contributed by atoms with Crippen molar-refractivity contribution in [3.63, 3.8) is 0 Å². The lowest BCUT2D eigenvalue weighted by Gasteiger charge is -2.36. The Morgan fingerprint density at radius 3 is 2.71 bits per heavy atom. The molecule has 1 aliphatic heterocycles. The standard InChI is InChI=1S/C24H32ClNO4S/c1-3-5-21(26-29-14-16(2)30-20-9-7-19(25)8-10-20)24-22(27)12-18(13-23(24)28)17-6-4-11-31-15-17/h7-10,16-18,27H,3-6,11-15H2,1-2H3/p-1/b26-21+. The summed E-state index contributed by atoms with van der Waals surface area (Å²) in [6, 6.07) is 7.11. The first-order valence-corrected chi connectivity index (χ1v) is 12.6. The monoisotopic (exact) mass is 464 g/mol. The minimum absolute atomic E-state index is 0.0712. The predicted molar refractivity (Wildman–Crippen MR) is 125 cm³/mol. The van der Waals surface area contributed by atoms with E-state index in [0.717, 1.165) is 18.6 Å². The molecule has 3 unspecified atom stereocenters. The number of carbonyl (C=O) groups excluding carboxylic acids is 1. The summed E-state index contributed by atoms with van der Waals surface area (Å²) >= 11 is 7.83. The van der Waals surface area contributed by atoms with Gasteiger partial charge in [-0.3, -0.25) is 4.79 Å². The summed E-state index contributed by atoms with van der Waals surface area (Å²) < 4.78 is 5.78. The summed E-state index contributed by atoms with van der Waals surface area (Å²) in [6.07, 6.45) is 4.28. The van der Waals surface area contributed by atoms with Crippen LogP contribution < -0.4 is 9.84 Å². The van der Waals surface area contributed by atoms with Crippen molar-refractivity contribution in [2.24, 2.45) is 17.0 Å². The quantitative estimate of drug-likeness (QED) is 0.379. The number of halogens is 1. The van der Waals surface area contributed by atoms with Gasteiger partial charge >= 0.3 is 0 Å². The molecule has 0 N–H and O–H groups in total. The van der Waals surface area contributed by atoms with Crippen LogP contribution in [0.2, 0.25) is 5.02 Å². The summed E-state index contributed by atoms with van der Waals surface area (Å²) in [5.41, 5.74) is 0.737. The molecule has 1 fully saturated rings. The van der Waals surface area contributed by atoms with Crippen LogP contribution in [0.15, 0.2) is 40.8 Å². The van der Waals surface area contributed by atoms with Crippen LogP contribution in [0.3, 0.4) is 0 Å². The third kappa shape index (κ3) is 6.91. The van der Waals surface area contributed by atoms with E-state index in [2.05, 4.69) is 5.16 Å². The molecule has 2 aliphatic rings. The molecule has 1 aromatic rings. The second-order valence-electron chi connectivity index (χ2n) is 8.33. The van der Waals surface area contributed by atoms with Gasteiger partial charge in [0.15, 0.2) is 12.4 Å². The molecule has 0 spiro atoms. The maximum absolute atomic E-state index is 12.9. The summed E-state index contributed by atoms with van der Waals surface area (Å²) in [4.78, 5) is 18.4. The van der Waals surface area contributed by atoms with Gasteiger partial charge in [-0.25, -0.2) is 0 Å².